The van der Waals surface area contributed by atoms with Crippen LogP contribution in [0.3, 0.4) is 0 Å². The maximum atomic E-state index is 13.5. The molecule has 4 aromatic rings. The molecule has 0 unspecified atom stereocenters. The van der Waals surface area contributed by atoms with Gasteiger partial charge >= 0.3 is 21.1 Å². The topological polar surface area (TPSA) is 25.8 Å². The van der Waals surface area contributed by atoms with Crippen LogP contribution in [-0.4, -0.2) is 22.5 Å². The smallest absolute Gasteiger partial charge is 0.305 e. The van der Waals surface area contributed by atoms with Gasteiger partial charge in [-0.25, -0.2) is 0 Å². The Balaban J connectivity index is 0.000000227. The summed E-state index contributed by atoms with van der Waals surface area (Å²) in [7, 11) is 0. The third kappa shape index (κ3) is 7.42. The average molecular weight is 668 g/mol. The second kappa shape index (κ2) is 12.9. The molecular weight excluding hydrogens is 651 g/mol. The molecule has 4 rings (SSSR count). The van der Waals surface area contributed by atoms with Crippen LogP contribution in [0.2, 0.25) is 0 Å². The van der Waals surface area contributed by atoms with Crippen LogP contribution < -0.4 is 0 Å². The Morgan fingerprint density at radius 3 is 1.39 bits per heavy atom. The summed E-state index contributed by atoms with van der Waals surface area (Å²) in [4.78, 5) is 10.0. The molecule has 2 aromatic heterocycles. The molecule has 2 nitrogen and oxygen atoms in total. The van der Waals surface area contributed by atoms with Gasteiger partial charge in [0, 0.05) is 45.5 Å². The molecular formula is C24H16F4N2PtS2. The summed E-state index contributed by atoms with van der Waals surface area (Å²) >= 11 is 3.07. The van der Waals surface area contributed by atoms with E-state index >= 15 is 0 Å². The number of hydrogen-bond acceptors (Lipinski definition) is 4. The van der Waals surface area contributed by atoms with E-state index in [0.29, 0.717) is 11.4 Å². The second-order valence-electron chi connectivity index (χ2n) is 6.24. The van der Waals surface area contributed by atoms with Gasteiger partial charge in [-0.1, -0.05) is 35.4 Å². The molecule has 0 radical (unpaired) electrons. The quantitative estimate of drug-likeness (QED) is 0.132. The Morgan fingerprint density at radius 2 is 1.06 bits per heavy atom. The standard InChI is InChI=1S/2C12H8F2NS.Pt/c2*1-16-9-4-5-15-12(7-9)10-3-2-8(13)6-11(10)14;/h2*2,4-7H,1H3;/q2*-1;+2. The van der Waals surface area contributed by atoms with Crippen LogP contribution in [-0.2, 0) is 21.1 Å². The number of benzene rings is 2. The average Bonchev–Trinajstić information content (AvgIpc) is 2.79. The predicted octanol–water partition coefficient (Wildman–Crippen LogP) is 7.10. The molecule has 0 aliphatic rings. The van der Waals surface area contributed by atoms with Crippen molar-refractivity contribution in [2.75, 3.05) is 12.5 Å². The molecule has 2 heterocycles. The van der Waals surface area contributed by atoms with Crippen LogP contribution in [0.1, 0.15) is 0 Å². The van der Waals surface area contributed by atoms with Crippen molar-refractivity contribution < 1.29 is 38.6 Å². The number of aromatic nitrogens is 2. The van der Waals surface area contributed by atoms with E-state index in [0.717, 1.165) is 34.1 Å². The third-order valence-corrected chi connectivity index (χ3v) is 5.61. The van der Waals surface area contributed by atoms with E-state index in [4.69, 9.17) is 0 Å². The van der Waals surface area contributed by atoms with Crippen molar-refractivity contribution in [1.82, 2.24) is 9.97 Å². The summed E-state index contributed by atoms with van der Waals surface area (Å²) in [6.07, 6.45) is 7.03. The molecule has 0 saturated heterocycles. The van der Waals surface area contributed by atoms with Gasteiger partial charge < -0.3 is 9.97 Å². The van der Waals surface area contributed by atoms with Gasteiger partial charge in [0.15, 0.2) is 0 Å². The van der Waals surface area contributed by atoms with Gasteiger partial charge in [0.25, 0.3) is 0 Å². The first-order valence-electron chi connectivity index (χ1n) is 9.15. The Morgan fingerprint density at radius 1 is 0.667 bits per heavy atom. The van der Waals surface area contributed by atoms with E-state index in [1.54, 1.807) is 24.5 Å². The fraction of sp³-hybridized carbons (Fsp3) is 0.0833. The molecule has 0 spiro atoms. The van der Waals surface area contributed by atoms with Gasteiger partial charge in [0.1, 0.15) is 0 Å². The number of halogens is 4. The third-order valence-electron chi connectivity index (χ3n) is 4.16. The Labute approximate surface area is 212 Å². The normalized spacial score (nSPS) is 10.1. The van der Waals surface area contributed by atoms with Crippen LogP contribution in [0.25, 0.3) is 22.5 Å². The number of hydrogen-bond donors (Lipinski definition) is 0. The van der Waals surface area contributed by atoms with Gasteiger partial charge in [-0.05, 0) is 36.0 Å². The summed E-state index contributed by atoms with van der Waals surface area (Å²) in [6.45, 7) is 0. The van der Waals surface area contributed by atoms with Crippen LogP contribution in [0.5, 0.6) is 0 Å². The summed E-state index contributed by atoms with van der Waals surface area (Å²) in [5, 5.41) is 0. The summed E-state index contributed by atoms with van der Waals surface area (Å²) in [5.41, 5.74) is 1.31. The van der Waals surface area contributed by atoms with E-state index in [9.17, 15) is 17.6 Å². The summed E-state index contributed by atoms with van der Waals surface area (Å²) < 4.78 is 52.3. The zero-order valence-electron chi connectivity index (χ0n) is 17.3. The van der Waals surface area contributed by atoms with Crippen LogP contribution >= 0.6 is 23.5 Å². The fourth-order valence-electron chi connectivity index (χ4n) is 2.63. The van der Waals surface area contributed by atoms with E-state index in [2.05, 4.69) is 22.1 Å². The second-order valence-corrected chi connectivity index (χ2v) is 8.00. The number of thioether (sulfide) groups is 2. The first-order valence-corrected chi connectivity index (χ1v) is 11.6. The van der Waals surface area contributed by atoms with E-state index < -0.39 is 23.3 Å². The van der Waals surface area contributed by atoms with Gasteiger partial charge in [0.2, 0.25) is 0 Å². The maximum Gasteiger partial charge on any atom is 2.00 e. The summed E-state index contributed by atoms with van der Waals surface area (Å²) in [5.74, 6) is -2.57. The van der Waals surface area contributed by atoms with Crippen molar-refractivity contribution in [2.24, 2.45) is 0 Å². The molecule has 0 aliphatic heterocycles. The van der Waals surface area contributed by atoms with Crippen molar-refractivity contribution >= 4 is 23.5 Å². The van der Waals surface area contributed by atoms with Crippen molar-refractivity contribution in [1.29, 1.82) is 0 Å². The van der Waals surface area contributed by atoms with Gasteiger partial charge in [0.05, 0.1) is 0 Å². The monoisotopic (exact) mass is 667 g/mol. The minimum absolute atomic E-state index is 0. The minimum Gasteiger partial charge on any atom is -0.305 e. The Bertz CT molecular complexity index is 1130. The molecule has 2 aromatic carbocycles. The predicted molar refractivity (Wildman–Crippen MR) is 120 cm³/mol. The van der Waals surface area contributed by atoms with Gasteiger partial charge in [-0.15, -0.1) is 47.8 Å². The molecule has 0 atom stereocenters. The molecule has 0 saturated carbocycles. The Kier molecular flexibility index (Phi) is 10.6. The Hall–Kier alpha value is -2.15. The largest absolute Gasteiger partial charge is 2.00 e. The van der Waals surface area contributed by atoms with E-state index in [1.807, 2.05) is 24.6 Å². The molecule has 33 heavy (non-hydrogen) atoms. The maximum absolute atomic E-state index is 13.5. The van der Waals surface area contributed by atoms with Gasteiger partial charge in [-0.3, -0.25) is 17.6 Å². The zero-order chi connectivity index (χ0) is 23.1. The molecule has 0 fully saturated rings. The SMILES string of the molecule is CSc1ccnc(-c2[c-]cc(F)cc2F)c1.CSc1ccnc(-c2[c-]cc(F)cc2F)c1.[Pt+2]. The van der Waals surface area contributed by atoms with Crippen LogP contribution in [0.15, 0.2) is 70.7 Å². The van der Waals surface area contributed by atoms with Gasteiger partial charge in [-0.2, -0.15) is 0 Å². The van der Waals surface area contributed by atoms with Crippen molar-refractivity contribution in [2.45, 2.75) is 9.79 Å². The van der Waals surface area contributed by atoms with Crippen molar-refractivity contribution in [3.63, 3.8) is 0 Å². The molecule has 0 aliphatic carbocycles. The van der Waals surface area contributed by atoms with E-state index in [-0.39, 0.29) is 32.2 Å². The van der Waals surface area contributed by atoms with E-state index in [1.165, 1.54) is 23.5 Å². The van der Waals surface area contributed by atoms with Crippen LogP contribution in [0.4, 0.5) is 17.6 Å². The first kappa shape index (κ1) is 27.1. The molecule has 0 bridgehead atoms. The van der Waals surface area contributed by atoms with Crippen molar-refractivity contribution in [3.8, 4) is 22.5 Å². The number of rotatable bonds is 4. The fourth-order valence-corrected chi connectivity index (χ4v) is 3.49. The van der Waals surface area contributed by atoms with Crippen LogP contribution in [0, 0.1) is 35.4 Å². The number of pyridine rings is 2. The molecule has 172 valence electrons. The molecule has 0 N–H and O–H groups in total. The number of nitrogens with zero attached hydrogens (tertiary/aromatic N) is 2. The zero-order valence-corrected chi connectivity index (χ0v) is 21.2. The van der Waals surface area contributed by atoms with Crippen molar-refractivity contribution in [3.05, 3.63) is 96.3 Å². The minimum atomic E-state index is -0.647. The molecule has 9 heteroatoms. The summed E-state index contributed by atoms with van der Waals surface area (Å²) in [6, 6.07) is 16.1. The molecule has 0 amide bonds. The first-order chi connectivity index (χ1) is 15.4.